The predicted octanol–water partition coefficient (Wildman–Crippen LogP) is 3.06. The highest BCUT2D eigenvalue weighted by Crippen LogP contribution is 2.32. The van der Waals surface area contributed by atoms with E-state index in [0.29, 0.717) is 18.2 Å². The van der Waals surface area contributed by atoms with Gasteiger partial charge in [0.15, 0.2) is 0 Å². The molecule has 2 aromatic rings. The number of carbonyl (C=O) groups is 1. The molecule has 4 nitrogen and oxygen atoms in total. The molecule has 22 heavy (non-hydrogen) atoms. The Bertz CT molecular complexity index is 618. The van der Waals surface area contributed by atoms with Crippen molar-refractivity contribution in [1.82, 2.24) is 10.3 Å². The predicted molar refractivity (Wildman–Crippen MR) is 88.9 cm³/mol. The Balaban J connectivity index is 1.52. The molecule has 116 valence electrons. The lowest BCUT2D eigenvalue weighted by Crippen LogP contribution is -2.37. The number of nitrogens with one attached hydrogen (secondary N) is 1. The monoisotopic (exact) mass is 315 g/mol. The summed E-state index contributed by atoms with van der Waals surface area (Å²) in [6.07, 6.45) is 4.30. The van der Waals surface area contributed by atoms with Crippen LogP contribution < -0.4 is 11.1 Å². The lowest BCUT2D eigenvalue weighted by atomic mass is 9.82. The largest absolute Gasteiger partial charge is 0.348 e. The van der Waals surface area contributed by atoms with Crippen molar-refractivity contribution in [2.75, 3.05) is 0 Å². The van der Waals surface area contributed by atoms with E-state index >= 15 is 0 Å². The van der Waals surface area contributed by atoms with Gasteiger partial charge in [-0.05, 0) is 37.2 Å². The summed E-state index contributed by atoms with van der Waals surface area (Å²) in [5, 5.41) is 5.70. The Kier molecular flexibility index (Phi) is 4.85. The third-order valence-electron chi connectivity index (χ3n) is 4.29. The first-order valence-electron chi connectivity index (χ1n) is 7.76. The lowest BCUT2D eigenvalue weighted by molar-refractivity contribution is 0.0921. The molecule has 0 bridgehead atoms. The first-order chi connectivity index (χ1) is 10.8. The number of carbonyl (C=O) groups excluding carboxylic acids is 1. The second-order valence-electron chi connectivity index (χ2n) is 5.76. The third kappa shape index (κ3) is 3.54. The molecule has 1 aliphatic rings. The maximum Gasteiger partial charge on any atom is 0.270 e. The van der Waals surface area contributed by atoms with Gasteiger partial charge in [-0.3, -0.25) is 4.79 Å². The van der Waals surface area contributed by atoms with Crippen molar-refractivity contribution in [1.29, 1.82) is 0 Å². The highest BCUT2D eigenvalue weighted by Gasteiger charge is 2.24. The second kappa shape index (κ2) is 7.03. The van der Waals surface area contributed by atoms with Crippen molar-refractivity contribution >= 4 is 17.2 Å². The molecule has 1 aliphatic carbocycles. The van der Waals surface area contributed by atoms with E-state index in [-0.39, 0.29) is 11.9 Å². The van der Waals surface area contributed by atoms with Gasteiger partial charge in [-0.25, -0.2) is 4.98 Å². The minimum Gasteiger partial charge on any atom is -0.348 e. The van der Waals surface area contributed by atoms with Gasteiger partial charge < -0.3 is 11.1 Å². The molecule has 5 heteroatoms. The van der Waals surface area contributed by atoms with Crippen LogP contribution in [0.1, 0.15) is 52.7 Å². The van der Waals surface area contributed by atoms with Crippen molar-refractivity contribution in [2.24, 2.45) is 5.73 Å². The summed E-state index contributed by atoms with van der Waals surface area (Å²) < 4.78 is 0. The van der Waals surface area contributed by atoms with Gasteiger partial charge in [0.1, 0.15) is 10.7 Å². The molecule has 0 radical (unpaired) electrons. The van der Waals surface area contributed by atoms with Crippen molar-refractivity contribution in [3.8, 4) is 0 Å². The number of nitrogens with two attached hydrogens (primary N) is 1. The Morgan fingerprint density at radius 1 is 1.23 bits per heavy atom. The second-order valence-corrected chi connectivity index (χ2v) is 6.71. The lowest BCUT2D eigenvalue weighted by Gasteiger charge is -2.29. The summed E-state index contributed by atoms with van der Waals surface area (Å²) >= 11 is 1.44. The molecule has 0 spiro atoms. The van der Waals surface area contributed by atoms with Crippen LogP contribution in [0.2, 0.25) is 0 Å². The molecule has 0 saturated heterocycles. The SMILES string of the molecule is NCc1nc(C(=O)NC2CCC(c3ccccc3)CC2)cs1. The van der Waals surface area contributed by atoms with Gasteiger partial charge in [-0.2, -0.15) is 0 Å². The number of rotatable bonds is 4. The number of hydrogen-bond donors (Lipinski definition) is 2. The van der Waals surface area contributed by atoms with Crippen molar-refractivity contribution in [3.05, 3.63) is 52.0 Å². The Labute approximate surface area is 134 Å². The summed E-state index contributed by atoms with van der Waals surface area (Å²) in [4.78, 5) is 16.4. The molecule has 1 fully saturated rings. The van der Waals surface area contributed by atoms with Crippen LogP contribution in [0.4, 0.5) is 0 Å². The van der Waals surface area contributed by atoms with Crippen LogP contribution in [0.25, 0.3) is 0 Å². The Morgan fingerprint density at radius 2 is 1.95 bits per heavy atom. The highest BCUT2D eigenvalue weighted by molar-refractivity contribution is 7.09. The first-order valence-corrected chi connectivity index (χ1v) is 8.64. The van der Waals surface area contributed by atoms with Gasteiger partial charge in [0.05, 0.1) is 0 Å². The average molecular weight is 315 g/mol. The summed E-state index contributed by atoms with van der Waals surface area (Å²) in [5.41, 5.74) is 7.45. The fraction of sp³-hybridized carbons (Fsp3) is 0.412. The van der Waals surface area contributed by atoms with Crippen molar-refractivity contribution < 1.29 is 4.79 Å². The van der Waals surface area contributed by atoms with E-state index in [1.165, 1.54) is 16.9 Å². The standard InChI is InChI=1S/C17H21N3OS/c18-10-16-20-15(11-22-16)17(21)19-14-8-6-13(7-9-14)12-4-2-1-3-5-12/h1-5,11,13-14H,6-10,18H2,(H,19,21). The van der Waals surface area contributed by atoms with Gasteiger partial charge in [0, 0.05) is 18.0 Å². The molecule has 1 heterocycles. The molecule has 0 aliphatic heterocycles. The van der Waals surface area contributed by atoms with Crippen molar-refractivity contribution in [2.45, 2.75) is 44.2 Å². The Hall–Kier alpha value is -1.72. The van der Waals surface area contributed by atoms with Crippen LogP contribution in [0.5, 0.6) is 0 Å². The normalized spacial score (nSPS) is 21.5. The maximum atomic E-state index is 12.2. The smallest absolute Gasteiger partial charge is 0.270 e. The molecule has 0 atom stereocenters. The minimum absolute atomic E-state index is 0.0703. The summed E-state index contributed by atoms with van der Waals surface area (Å²) in [7, 11) is 0. The first kappa shape index (κ1) is 15.2. The number of nitrogens with zero attached hydrogens (tertiary/aromatic N) is 1. The van der Waals surface area contributed by atoms with Crippen LogP contribution in [-0.2, 0) is 6.54 Å². The zero-order chi connectivity index (χ0) is 15.4. The topological polar surface area (TPSA) is 68.0 Å². The van der Waals surface area contributed by atoms with Crippen molar-refractivity contribution in [3.63, 3.8) is 0 Å². The van der Waals surface area contributed by atoms with Gasteiger partial charge >= 0.3 is 0 Å². The van der Waals surface area contributed by atoms with Gasteiger partial charge in [0.2, 0.25) is 0 Å². The quantitative estimate of drug-likeness (QED) is 0.911. The number of aromatic nitrogens is 1. The maximum absolute atomic E-state index is 12.2. The molecule has 1 aromatic heterocycles. The van der Waals surface area contributed by atoms with E-state index in [1.807, 2.05) is 0 Å². The molecule has 1 aromatic carbocycles. The van der Waals surface area contributed by atoms with E-state index in [4.69, 9.17) is 5.73 Å². The fourth-order valence-electron chi connectivity index (χ4n) is 3.06. The van der Waals surface area contributed by atoms with E-state index in [9.17, 15) is 4.79 Å². The molecule has 1 amide bonds. The zero-order valence-electron chi connectivity index (χ0n) is 12.5. The summed E-state index contributed by atoms with van der Waals surface area (Å²) in [6, 6.07) is 10.9. The van der Waals surface area contributed by atoms with Crippen LogP contribution >= 0.6 is 11.3 Å². The van der Waals surface area contributed by atoms with E-state index in [0.717, 1.165) is 30.7 Å². The van der Waals surface area contributed by atoms with Crippen LogP contribution in [0.3, 0.4) is 0 Å². The van der Waals surface area contributed by atoms with Crippen LogP contribution in [-0.4, -0.2) is 16.9 Å². The molecule has 0 unspecified atom stereocenters. The van der Waals surface area contributed by atoms with Gasteiger partial charge in [0.25, 0.3) is 5.91 Å². The van der Waals surface area contributed by atoms with Crippen LogP contribution in [0, 0.1) is 0 Å². The summed E-state index contributed by atoms with van der Waals surface area (Å²) in [6.45, 7) is 0.389. The number of amides is 1. The van der Waals surface area contributed by atoms with Crippen LogP contribution in [0.15, 0.2) is 35.7 Å². The third-order valence-corrected chi connectivity index (χ3v) is 5.16. The molecule has 3 N–H and O–H groups in total. The van der Waals surface area contributed by atoms with Gasteiger partial charge in [-0.1, -0.05) is 30.3 Å². The zero-order valence-corrected chi connectivity index (χ0v) is 13.3. The van der Waals surface area contributed by atoms with E-state index < -0.39 is 0 Å². The van der Waals surface area contributed by atoms with E-state index in [1.54, 1.807) is 5.38 Å². The number of benzene rings is 1. The number of thiazole rings is 1. The fourth-order valence-corrected chi connectivity index (χ4v) is 3.72. The minimum atomic E-state index is -0.0703. The summed E-state index contributed by atoms with van der Waals surface area (Å²) in [5.74, 6) is 0.552. The van der Waals surface area contributed by atoms with E-state index in [2.05, 4.69) is 40.6 Å². The molecular formula is C17H21N3OS. The molecule has 1 saturated carbocycles. The number of hydrogen-bond acceptors (Lipinski definition) is 4. The molecular weight excluding hydrogens is 294 g/mol. The molecule has 3 rings (SSSR count). The Morgan fingerprint density at radius 3 is 2.59 bits per heavy atom. The average Bonchev–Trinajstić information content (AvgIpc) is 3.06. The highest BCUT2D eigenvalue weighted by atomic mass is 32.1. The van der Waals surface area contributed by atoms with Gasteiger partial charge in [-0.15, -0.1) is 11.3 Å².